The van der Waals surface area contributed by atoms with E-state index >= 15 is 0 Å². The maximum absolute atomic E-state index is 11.9. The highest BCUT2D eigenvalue weighted by Gasteiger charge is 2.13. The zero-order valence-corrected chi connectivity index (χ0v) is 20.6. The summed E-state index contributed by atoms with van der Waals surface area (Å²) in [5.74, 6) is 0.382. The van der Waals surface area contributed by atoms with Gasteiger partial charge in [-0.1, -0.05) is 44.9 Å². The van der Waals surface area contributed by atoms with Crippen LogP contribution in [0.1, 0.15) is 109 Å². The third-order valence-corrected chi connectivity index (χ3v) is 6.07. The smallest absolute Gasteiger partial charge is 0.149 e. The van der Waals surface area contributed by atoms with Gasteiger partial charge in [0.1, 0.15) is 11.6 Å². The quantitative estimate of drug-likeness (QED) is 0.133. The molecule has 0 radical (unpaired) electrons. The summed E-state index contributed by atoms with van der Waals surface area (Å²) < 4.78 is 0. The van der Waals surface area contributed by atoms with E-state index in [0.717, 1.165) is 77.3 Å². The highest BCUT2D eigenvalue weighted by Crippen LogP contribution is 2.10. The molecule has 2 atom stereocenters. The van der Waals surface area contributed by atoms with Crippen LogP contribution in [-0.4, -0.2) is 49.8 Å². The van der Waals surface area contributed by atoms with Crippen LogP contribution in [0.25, 0.3) is 0 Å². The summed E-state index contributed by atoms with van der Waals surface area (Å²) in [5, 5.41) is 3.52. The number of rotatable bonds is 25. The first-order chi connectivity index (χ1) is 15.5. The summed E-state index contributed by atoms with van der Waals surface area (Å²) in [6, 6.07) is -0.574. The molecule has 0 bridgehead atoms. The van der Waals surface area contributed by atoms with Gasteiger partial charge in [0.15, 0.2) is 0 Å². The number of carbonyl (C=O) groups excluding carboxylic acids is 2. The van der Waals surface area contributed by atoms with E-state index in [1.165, 1.54) is 32.1 Å². The second-order valence-electron chi connectivity index (χ2n) is 9.15. The van der Waals surface area contributed by atoms with E-state index in [0.29, 0.717) is 25.9 Å². The summed E-state index contributed by atoms with van der Waals surface area (Å²) in [4.78, 5) is 23.7. The molecule has 0 heterocycles. The molecule has 0 rings (SSSR count). The number of ketones is 2. The second-order valence-corrected chi connectivity index (χ2v) is 9.15. The number of hydrogen-bond acceptors (Lipinski definition) is 7. The van der Waals surface area contributed by atoms with Crippen LogP contribution in [-0.2, 0) is 9.59 Å². The van der Waals surface area contributed by atoms with Crippen LogP contribution < -0.4 is 28.3 Å². The minimum absolute atomic E-state index is 0.190. The van der Waals surface area contributed by atoms with E-state index < -0.39 is 0 Å². The van der Waals surface area contributed by atoms with Gasteiger partial charge in [0, 0.05) is 12.8 Å². The van der Waals surface area contributed by atoms with Crippen LogP contribution >= 0.6 is 0 Å². The number of hydrogen-bond donors (Lipinski definition) is 5. The lowest BCUT2D eigenvalue weighted by molar-refractivity contribution is -0.121. The molecule has 0 aromatic heterocycles. The van der Waals surface area contributed by atoms with Crippen molar-refractivity contribution >= 4 is 11.6 Å². The number of Topliss-reactive ketones (excluding diaryl/α,β-unsaturated/α-hetero) is 2. The van der Waals surface area contributed by atoms with E-state index in [-0.39, 0.29) is 23.7 Å². The molecule has 0 aliphatic heterocycles. The Morgan fingerprint density at radius 1 is 0.531 bits per heavy atom. The molecule has 190 valence electrons. The van der Waals surface area contributed by atoms with Crippen molar-refractivity contribution in [1.29, 1.82) is 0 Å². The fraction of sp³-hybridized carbons (Fsp3) is 0.920. The highest BCUT2D eigenvalue weighted by atomic mass is 16.1. The second kappa shape index (κ2) is 23.3. The molecular weight excluding hydrogens is 402 g/mol. The number of carbonyl (C=O) groups is 2. The van der Waals surface area contributed by atoms with Gasteiger partial charge < -0.3 is 28.3 Å². The molecule has 0 saturated heterocycles. The molecule has 0 spiro atoms. The Labute approximate surface area is 197 Å². The number of nitrogens with two attached hydrogens (primary N) is 4. The standard InChI is InChI=1S/C25H53N5O2/c26-18-10-8-16-24(31)22(28)14-6-2-1-4-12-20-30-21-13-5-3-7-15-23(29)25(32)17-9-11-19-27/h22-23,30H,1-21,26-29H2. The van der Waals surface area contributed by atoms with Crippen LogP contribution in [0.3, 0.4) is 0 Å². The predicted molar refractivity (Wildman–Crippen MR) is 135 cm³/mol. The Morgan fingerprint density at radius 2 is 0.906 bits per heavy atom. The molecule has 0 aliphatic rings. The molecule has 0 fully saturated rings. The molecule has 0 aromatic carbocycles. The number of unbranched alkanes of at least 4 members (excludes halogenated alkanes) is 9. The van der Waals surface area contributed by atoms with Gasteiger partial charge in [0.2, 0.25) is 0 Å². The van der Waals surface area contributed by atoms with E-state index in [4.69, 9.17) is 22.9 Å². The van der Waals surface area contributed by atoms with Crippen LogP contribution in [0, 0.1) is 0 Å². The Kier molecular flexibility index (Phi) is 22.7. The fourth-order valence-corrected chi connectivity index (χ4v) is 3.82. The molecule has 9 N–H and O–H groups in total. The van der Waals surface area contributed by atoms with Crippen LogP contribution in [0.2, 0.25) is 0 Å². The normalized spacial score (nSPS) is 13.2. The third-order valence-electron chi connectivity index (χ3n) is 6.07. The largest absolute Gasteiger partial charge is 0.330 e. The van der Waals surface area contributed by atoms with Gasteiger partial charge in [0.05, 0.1) is 12.1 Å². The van der Waals surface area contributed by atoms with Crippen molar-refractivity contribution in [2.24, 2.45) is 22.9 Å². The summed E-state index contributed by atoms with van der Waals surface area (Å²) in [6.07, 6.45) is 16.7. The van der Waals surface area contributed by atoms with Crippen molar-refractivity contribution in [3.8, 4) is 0 Å². The van der Waals surface area contributed by atoms with Gasteiger partial charge in [-0.25, -0.2) is 0 Å². The maximum atomic E-state index is 11.9. The molecule has 0 aliphatic carbocycles. The third kappa shape index (κ3) is 19.8. The zero-order chi connectivity index (χ0) is 23.9. The highest BCUT2D eigenvalue weighted by molar-refractivity contribution is 5.84. The van der Waals surface area contributed by atoms with Gasteiger partial charge in [-0.05, 0) is 77.5 Å². The first-order valence-corrected chi connectivity index (χ1v) is 13.2. The lowest BCUT2D eigenvalue weighted by atomic mass is 10.0. The average Bonchev–Trinajstić information content (AvgIpc) is 2.79. The first-order valence-electron chi connectivity index (χ1n) is 13.2. The molecule has 32 heavy (non-hydrogen) atoms. The van der Waals surface area contributed by atoms with Crippen molar-refractivity contribution in [2.45, 2.75) is 121 Å². The summed E-state index contributed by atoms with van der Waals surface area (Å²) in [5.41, 5.74) is 22.8. The molecule has 7 nitrogen and oxygen atoms in total. The molecule has 0 saturated carbocycles. The Morgan fingerprint density at radius 3 is 1.31 bits per heavy atom. The van der Waals surface area contributed by atoms with Crippen molar-refractivity contribution in [3.63, 3.8) is 0 Å². The zero-order valence-electron chi connectivity index (χ0n) is 20.6. The fourth-order valence-electron chi connectivity index (χ4n) is 3.82. The predicted octanol–water partition coefficient (Wildman–Crippen LogP) is 2.92. The van der Waals surface area contributed by atoms with Gasteiger partial charge >= 0.3 is 0 Å². The van der Waals surface area contributed by atoms with Crippen LogP contribution in [0.15, 0.2) is 0 Å². The summed E-state index contributed by atoms with van der Waals surface area (Å²) in [7, 11) is 0. The van der Waals surface area contributed by atoms with Crippen LogP contribution in [0.5, 0.6) is 0 Å². The topological polar surface area (TPSA) is 150 Å². The Bertz CT molecular complexity index is 408. The minimum atomic E-state index is -0.288. The molecule has 7 heteroatoms. The van der Waals surface area contributed by atoms with Gasteiger partial charge in [0.25, 0.3) is 0 Å². The van der Waals surface area contributed by atoms with Crippen molar-refractivity contribution in [2.75, 3.05) is 26.2 Å². The monoisotopic (exact) mass is 455 g/mol. The summed E-state index contributed by atoms with van der Waals surface area (Å²) in [6.45, 7) is 3.42. The van der Waals surface area contributed by atoms with E-state index in [1.807, 2.05) is 0 Å². The molecule has 2 unspecified atom stereocenters. The SMILES string of the molecule is NCCCCC(=O)C(N)CCCCCCCNCCCCCCC(N)C(=O)CCCCN. The van der Waals surface area contributed by atoms with E-state index in [9.17, 15) is 9.59 Å². The van der Waals surface area contributed by atoms with Gasteiger partial charge in [-0.2, -0.15) is 0 Å². The lowest BCUT2D eigenvalue weighted by Crippen LogP contribution is -2.30. The van der Waals surface area contributed by atoms with E-state index in [2.05, 4.69) is 5.32 Å². The maximum Gasteiger partial charge on any atom is 0.149 e. The van der Waals surface area contributed by atoms with Gasteiger partial charge in [-0.15, -0.1) is 0 Å². The lowest BCUT2D eigenvalue weighted by Gasteiger charge is -2.10. The van der Waals surface area contributed by atoms with Crippen molar-refractivity contribution in [3.05, 3.63) is 0 Å². The molecule has 0 aromatic rings. The van der Waals surface area contributed by atoms with Crippen molar-refractivity contribution in [1.82, 2.24) is 5.32 Å². The minimum Gasteiger partial charge on any atom is -0.330 e. The number of nitrogens with one attached hydrogen (secondary N) is 1. The van der Waals surface area contributed by atoms with Crippen LogP contribution in [0.4, 0.5) is 0 Å². The average molecular weight is 456 g/mol. The Balaban J connectivity index is 3.34. The first kappa shape index (κ1) is 31.1. The molecule has 0 amide bonds. The van der Waals surface area contributed by atoms with E-state index in [1.54, 1.807) is 0 Å². The Hall–Kier alpha value is -0.860. The molecular formula is C25H53N5O2. The summed E-state index contributed by atoms with van der Waals surface area (Å²) >= 11 is 0. The van der Waals surface area contributed by atoms with Gasteiger partial charge in [-0.3, -0.25) is 9.59 Å². The van der Waals surface area contributed by atoms with Crippen molar-refractivity contribution < 1.29 is 9.59 Å².